The van der Waals surface area contributed by atoms with Crippen LogP contribution in [0.1, 0.15) is 24.8 Å². The molecule has 0 bridgehead atoms. The molecule has 0 spiro atoms. The standard InChI is InChI=1S/C14H19NO4/c1-17-12-7-3-2-6-11(12)10-13(16)15-19-14-8-4-5-9-18-14/h2-3,6-7,14H,4-5,8-10H2,1H3,(H,15,16). The van der Waals surface area contributed by atoms with Crippen molar-refractivity contribution >= 4 is 5.91 Å². The van der Waals surface area contributed by atoms with Gasteiger partial charge in [-0.3, -0.25) is 4.79 Å². The number of ether oxygens (including phenoxy) is 2. The predicted octanol–water partition coefficient (Wildman–Crippen LogP) is 1.81. The van der Waals surface area contributed by atoms with Gasteiger partial charge in [0.05, 0.1) is 13.5 Å². The van der Waals surface area contributed by atoms with E-state index in [0.717, 1.165) is 24.8 Å². The van der Waals surface area contributed by atoms with Crippen molar-refractivity contribution in [1.29, 1.82) is 0 Å². The Hall–Kier alpha value is -1.59. The molecule has 1 aliphatic heterocycles. The number of rotatable bonds is 5. The number of benzene rings is 1. The summed E-state index contributed by atoms with van der Waals surface area (Å²) in [6.07, 6.45) is 2.82. The summed E-state index contributed by atoms with van der Waals surface area (Å²) in [5, 5.41) is 0. The number of para-hydroxylation sites is 1. The van der Waals surface area contributed by atoms with Gasteiger partial charge < -0.3 is 9.47 Å². The van der Waals surface area contributed by atoms with E-state index in [4.69, 9.17) is 14.3 Å². The molecule has 19 heavy (non-hydrogen) atoms. The highest BCUT2D eigenvalue weighted by atomic mass is 16.8. The first kappa shape index (κ1) is 13.8. The first-order valence-electron chi connectivity index (χ1n) is 6.47. The molecule has 0 aromatic heterocycles. The van der Waals surface area contributed by atoms with Gasteiger partial charge >= 0.3 is 0 Å². The van der Waals surface area contributed by atoms with Crippen molar-refractivity contribution in [3.8, 4) is 5.75 Å². The number of hydroxylamine groups is 1. The fourth-order valence-electron chi connectivity index (χ4n) is 1.99. The molecule has 5 heteroatoms. The van der Waals surface area contributed by atoms with Gasteiger partial charge in [0, 0.05) is 18.6 Å². The van der Waals surface area contributed by atoms with Crippen LogP contribution in [-0.2, 0) is 20.8 Å². The molecular weight excluding hydrogens is 246 g/mol. The van der Waals surface area contributed by atoms with Crippen LogP contribution in [0.3, 0.4) is 0 Å². The third kappa shape index (κ3) is 4.22. The number of amides is 1. The monoisotopic (exact) mass is 265 g/mol. The van der Waals surface area contributed by atoms with Gasteiger partial charge in [-0.1, -0.05) is 18.2 Å². The summed E-state index contributed by atoms with van der Waals surface area (Å²) in [6.45, 7) is 0.688. The SMILES string of the molecule is COc1ccccc1CC(=O)NOC1CCCCO1. The minimum atomic E-state index is -0.324. The van der Waals surface area contributed by atoms with Gasteiger partial charge in [-0.15, -0.1) is 0 Å². The van der Waals surface area contributed by atoms with Gasteiger partial charge in [0.1, 0.15) is 5.75 Å². The molecule has 1 aliphatic rings. The summed E-state index contributed by atoms with van der Waals surface area (Å²) < 4.78 is 10.6. The second kappa shape index (κ2) is 7.11. The van der Waals surface area contributed by atoms with E-state index in [2.05, 4.69) is 5.48 Å². The first-order valence-corrected chi connectivity index (χ1v) is 6.47. The number of hydrogen-bond donors (Lipinski definition) is 1. The summed E-state index contributed by atoms with van der Waals surface area (Å²) in [6, 6.07) is 7.42. The van der Waals surface area contributed by atoms with Crippen LogP contribution in [0.25, 0.3) is 0 Å². The van der Waals surface area contributed by atoms with Crippen molar-refractivity contribution in [2.75, 3.05) is 13.7 Å². The fourth-order valence-corrected chi connectivity index (χ4v) is 1.99. The summed E-state index contributed by atoms with van der Waals surface area (Å²) in [7, 11) is 1.59. The van der Waals surface area contributed by atoms with E-state index in [0.29, 0.717) is 12.4 Å². The molecule has 1 aromatic carbocycles. The summed E-state index contributed by atoms with van der Waals surface area (Å²) >= 11 is 0. The Morgan fingerprint density at radius 1 is 1.42 bits per heavy atom. The van der Waals surface area contributed by atoms with Gasteiger partial charge in [0.2, 0.25) is 5.91 Å². The molecule has 2 rings (SSSR count). The molecule has 1 heterocycles. The number of nitrogens with one attached hydrogen (secondary N) is 1. The van der Waals surface area contributed by atoms with Crippen LogP contribution in [0.5, 0.6) is 5.75 Å². The maximum Gasteiger partial charge on any atom is 0.248 e. The Kier molecular flexibility index (Phi) is 5.18. The van der Waals surface area contributed by atoms with Crippen molar-refractivity contribution in [1.82, 2.24) is 5.48 Å². The lowest BCUT2D eigenvalue weighted by atomic mass is 10.1. The normalized spacial score (nSPS) is 18.9. The number of methoxy groups -OCH3 is 1. The maximum atomic E-state index is 11.8. The van der Waals surface area contributed by atoms with Crippen LogP contribution in [0.2, 0.25) is 0 Å². The molecule has 0 radical (unpaired) electrons. The second-order valence-electron chi connectivity index (χ2n) is 4.43. The molecule has 1 unspecified atom stereocenters. The van der Waals surface area contributed by atoms with Gasteiger partial charge in [-0.2, -0.15) is 0 Å². The minimum absolute atomic E-state index is 0.210. The second-order valence-corrected chi connectivity index (χ2v) is 4.43. The van der Waals surface area contributed by atoms with Crippen LogP contribution in [0.15, 0.2) is 24.3 Å². The molecule has 1 saturated heterocycles. The van der Waals surface area contributed by atoms with E-state index in [9.17, 15) is 4.79 Å². The van der Waals surface area contributed by atoms with E-state index >= 15 is 0 Å². The van der Waals surface area contributed by atoms with Crippen LogP contribution in [0, 0.1) is 0 Å². The Balaban J connectivity index is 1.80. The quantitative estimate of drug-likeness (QED) is 0.825. The van der Waals surface area contributed by atoms with Gasteiger partial charge in [0.25, 0.3) is 0 Å². The average Bonchev–Trinajstić information content (AvgIpc) is 2.47. The molecule has 1 aromatic rings. The molecule has 0 aliphatic carbocycles. The maximum absolute atomic E-state index is 11.8. The van der Waals surface area contributed by atoms with Crippen LogP contribution in [-0.4, -0.2) is 25.9 Å². The Morgan fingerprint density at radius 3 is 3.00 bits per heavy atom. The predicted molar refractivity (Wildman–Crippen MR) is 69.5 cm³/mol. The molecule has 1 amide bonds. The zero-order valence-corrected chi connectivity index (χ0v) is 11.1. The molecule has 1 fully saturated rings. The van der Waals surface area contributed by atoms with E-state index in [1.807, 2.05) is 24.3 Å². The Morgan fingerprint density at radius 2 is 2.26 bits per heavy atom. The molecular formula is C14H19NO4. The third-order valence-corrected chi connectivity index (χ3v) is 2.99. The highest BCUT2D eigenvalue weighted by Crippen LogP contribution is 2.18. The molecule has 5 nitrogen and oxygen atoms in total. The van der Waals surface area contributed by atoms with Crippen molar-refractivity contribution in [2.24, 2.45) is 0 Å². The molecule has 104 valence electrons. The number of carbonyl (C=O) groups excluding carboxylic acids is 1. The smallest absolute Gasteiger partial charge is 0.248 e. The van der Waals surface area contributed by atoms with Crippen LogP contribution in [0.4, 0.5) is 0 Å². The lowest BCUT2D eigenvalue weighted by Gasteiger charge is -2.22. The summed E-state index contributed by atoms with van der Waals surface area (Å²) in [4.78, 5) is 17.0. The minimum Gasteiger partial charge on any atom is -0.496 e. The highest BCUT2D eigenvalue weighted by molar-refractivity contribution is 5.78. The van der Waals surface area contributed by atoms with Crippen LogP contribution >= 0.6 is 0 Å². The first-order chi connectivity index (χ1) is 9.29. The lowest BCUT2D eigenvalue weighted by Crippen LogP contribution is -2.33. The zero-order chi connectivity index (χ0) is 13.5. The van der Waals surface area contributed by atoms with Gasteiger partial charge in [-0.05, 0) is 18.9 Å². The Bertz CT molecular complexity index is 416. The molecule has 1 atom stereocenters. The summed E-state index contributed by atoms with van der Waals surface area (Å²) in [5.74, 6) is 0.491. The van der Waals surface area contributed by atoms with Crippen molar-refractivity contribution < 1.29 is 19.1 Å². The third-order valence-electron chi connectivity index (χ3n) is 2.99. The van der Waals surface area contributed by atoms with Crippen LogP contribution < -0.4 is 10.2 Å². The molecule has 1 N–H and O–H groups in total. The van der Waals surface area contributed by atoms with Crippen molar-refractivity contribution in [3.05, 3.63) is 29.8 Å². The largest absolute Gasteiger partial charge is 0.496 e. The fraction of sp³-hybridized carbons (Fsp3) is 0.500. The van der Waals surface area contributed by atoms with E-state index < -0.39 is 0 Å². The van der Waals surface area contributed by atoms with Crippen molar-refractivity contribution in [3.63, 3.8) is 0 Å². The van der Waals surface area contributed by atoms with Crippen molar-refractivity contribution in [2.45, 2.75) is 32.0 Å². The topological polar surface area (TPSA) is 56.8 Å². The van der Waals surface area contributed by atoms with E-state index in [1.54, 1.807) is 7.11 Å². The number of carbonyl (C=O) groups is 1. The van der Waals surface area contributed by atoms with E-state index in [-0.39, 0.29) is 18.6 Å². The average molecular weight is 265 g/mol. The van der Waals surface area contributed by atoms with E-state index in [1.165, 1.54) is 0 Å². The molecule has 0 saturated carbocycles. The highest BCUT2D eigenvalue weighted by Gasteiger charge is 2.16. The van der Waals surface area contributed by atoms with Gasteiger partial charge in [-0.25, -0.2) is 10.3 Å². The summed E-state index contributed by atoms with van der Waals surface area (Å²) in [5.41, 5.74) is 3.26. The van der Waals surface area contributed by atoms with Gasteiger partial charge in [0.15, 0.2) is 6.29 Å². The Labute approximate surface area is 112 Å². The number of hydrogen-bond acceptors (Lipinski definition) is 4. The lowest BCUT2D eigenvalue weighted by molar-refractivity contribution is -0.200. The zero-order valence-electron chi connectivity index (χ0n) is 11.1.